The van der Waals surface area contributed by atoms with Gasteiger partial charge in [0.15, 0.2) is 0 Å². The number of benzene rings is 2. The number of carbonyl (C=O) groups excluding carboxylic acids is 2. The highest BCUT2D eigenvalue weighted by Gasteiger charge is 2.31. The normalized spacial score (nSPS) is 21.8. The number of ether oxygens (including phenoxy) is 1. The molecule has 1 heterocycles. The van der Waals surface area contributed by atoms with Crippen molar-refractivity contribution in [1.29, 1.82) is 0 Å². The van der Waals surface area contributed by atoms with Gasteiger partial charge >= 0.3 is 6.03 Å². The van der Waals surface area contributed by atoms with Crippen molar-refractivity contribution in [2.24, 2.45) is 5.92 Å². The first kappa shape index (κ1) is 27.1. The zero-order valence-electron chi connectivity index (χ0n) is 22.4. The summed E-state index contributed by atoms with van der Waals surface area (Å²) in [6, 6.07) is 15.4. The smallest absolute Gasteiger partial charge is 0.317 e. The summed E-state index contributed by atoms with van der Waals surface area (Å²) in [5.41, 5.74) is 3.43. The van der Waals surface area contributed by atoms with Crippen LogP contribution in [0.5, 0.6) is 0 Å². The Hall–Kier alpha value is -2.90. The summed E-state index contributed by atoms with van der Waals surface area (Å²) >= 11 is 0. The van der Waals surface area contributed by atoms with Crippen LogP contribution in [-0.2, 0) is 11.3 Å². The monoisotopic (exact) mass is 507 g/mol. The lowest BCUT2D eigenvalue weighted by Crippen LogP contribution is -2.50. The number of hydrogen-bond donors (Lipinski definition) is 2. The molecule has 0 bridgehead atoms. The lowest BCUT2D eigenvalue weighted by Gasteiger charge is -2.35. The van der Waals surface area contributed by atoms with Crippen LogP contribution in [0, 0.1) is 5.92 Å². The van der Waals surface area contributed by atoms with Crippen LogP contribution in [0.15, 0.2) is 48.5 Å². The molecule has 2 aromatic carbocycles. The van der Waals surface area contributed by atoms with Gasteiger partial charge in [0.2, 0.25) is 0 Å². The van der Waals surface area contributed by atoms with E-state index in [4.69, 9.17) is 4.74 Å². The number of aliphatic hydroxyl groups is 1. The molecule has 0 saturated heterocycles. The van der Waals surface area contributed by atoms with Crippen LogP contribution in [0.2, 0.25) is 0 Å². The van der Waals surface area contributed by atoms with Gasteiger partial charge in [0.1, 0.15) is 0 Å². The largest absolute Gasteiger partial charge is 0.394 e. The summed E-state index contributed by atoms with van der Waals surface area (Å²) in [6.07, 6.45) is 5.32. The minimum absolute atomic E-state index is 0.0692. The average Bonchev–Trinajstić information content (AvgIpc) is 2.94. The lowest BCUT2D eigenvalue weighted by molar-refractivity contribution is -0.0185. The third kappa shape index (κ3) is 6.51. The molecule has 1 saturated carbocycles. The number of hydrogen-bond acceptors (Lipinski definition) is 4. The number of fused-ring (bicyclic) bond motifs is 3. The first-order valence-electron chi connectivity index (χ1n) is 13.6. The Bertz CT molecular complexity index is 1070. The maximum absolute atomic E-state index is 13.9. The van der Waals surface area contributed by atoms with Crippen LogP contribution in [0.4, 0.5) is 4.79 Å². The van der Waals surface area contributed by atoms with Gasteiger partial charge in [0.05, 0.1) is 25.4 Å². The molecule has 0 aromatic heterocycles. The van der Waals surface area contributed by atoms with Gasteiger partial charge < -0.3 is 25.0 Å². The molecule has 1 aliphatic carbocycles. The molecule has 37 heavy (non-hydrogen) atoms. The zero-order valence-corrected chi connectivity index (χ0v) is 22.4. The predicted octanol–water partition coefficient (Wildman–Crippen LogP) is 4.69. The molecule has 3 atom stereocenters. The molecule has 7 nitrogen and oxygen atoms in total. The number of likely N-dealkylation sites (N-methyl/N-ethyl adjacent to an activating group) is 1. The zero-order chi connectivity index (χ0) is 26.4. The Morgan fingerprint density at radius 1 is 1.08 bits per heavy atom. The van der Waals surface area contributed by atoms with Gasteiger partial charge in [0.25, 0.3) is 5.91 Å². The molecular weight excluding hydrogens is 466 g/mol. The van der Waals surface area contributed by atoms with E-state index >= 15 is 0 Å². The Morgan fingerprint density at radius 3 is 2.43 bits per heavy atom. The van der Waals surface area contributed by atoms with Crippen LogP contribution in [0.3, 0.4) is 0 Å². The number of amides is 3. The van der Waals surface area contributed by atoms with Gasteiger partial charge in [0, 0.05) is 37.7 Å². The fourth-order valence-corrected chi connectivity index (χ4v) is 5.44. The van der Waals surface area contributed by atoms with E-state index in [9.17, 15) is 14.7 Å². The number of aliphatic hydroxyl groups excluding tert-OH is 1. The fraction of sp³-hybridized carbons (Fsp3) is 0.533. The van der Waals surface area contributed by atoms with Crippen molar-refractivity contribution < 1.29 is 19.4 Å². The molecule has 7 heteroatoms. The van der Waals surface area contributed by atoms with Crippen molar-refractivity contribution in [2.45, 2.75) is 70.7 Å². The Labute approximate surface area is 220 Å². The van der Waals surface area contributed by atoms with E-state index in [1.54, 1.807) is 9.80 Å². The summed E-state index contributed by atoms with van der Waals surface area (Å²) < 4.78 is 6.51. The van der Waals surface area contributed by atoms with E-state index in [0.29, 0.717) is 25.3 Å². The maximum atomic E-state index is 13.9. The fourth-order valence-electron chi connectivity index (χ4n) is 5.44. The third-order valence-corrected chi connectivity index (χ3v) is 7.83. The molecule has 1 fully saturated rings. The first-order valence-corrected chi connectivity index (χ1v) is 13.6. The number of rotatable bonds is 5. The summed E-state index contributed by atoms with van der Waals surface area (Å²) in [5.74, 6) is -0.178. The van der Waals surface area contributed by atoms with Crippen molar-refractivity contribution in [1.82, 2.24) is 15.1 Å². The Morgan fingerprint density at radius 2 is 1.73 bits per heavy atom. The van der Waals surface area contributed by atoms with Crippen molar-refractivity contribution in [3.63, 3.8) is 0 Å². The van der Waals surface area contributed by atoms with Crippen molar-refractivity contribution in [3.8, 4) is 11.1 Å². The molecular formula is C30H41N3O4. The van der Waals surface area contributed by atoms with Crippen LogP contribution in [0.1, 0.15) is 61.9 Å². The summed E-state index contributed by atoms with van der Waals surface area (Å²) in [4.78, 5) is 30.3. The van der Waals surface area contributed by atoms with Gasteiger partial charge in [-0.2, -0.15) is 0 Å². The lowest BCUT2D eigenvalue weighted by atomic mass is 9.94. The molecule has 0 spiro atoms. The molecule has 1 aliphatic heterocycles. The Kier molecular flexibility index (Phi) is 9.22. The van der Waals surface area contributed by atoms with Crippen LogP contribution >= 0.6 is 0 Å². The first-order chi connectivity index (χ1) is 17.9. The highest BCUT2D eigenvalue weighted by atomic mass is 16.5. The molecule has 0 radical (unpaired) electrons. The molecule has 2 N–H and O–H groups in total. The Balaban J connectivity index is 1.62. The minimum Gasteiger partial charge on any atom is -0.394 e. The summed E-state index contributed by atoms with van der Waals surface area (Å²) in [7, 11) is 1.81. The van der Waals surface area contributed by atoms with Gasteiger partial charge in [-0.1, -0.05) is 68.7 Å². The maximum Gasteiger partial charge on any atom is 0.317 e. The second kappa shape index (κ2) is 12.6. The molecule has 3 amide bonds. The quantitative estimate of drug-likeness (QED) is 0.615. The molecule has 0 unspecified atom stereocenters. The van der Waals surface area contributed by atoms with Crippen molar-refractivity contribution in [3.05, 3.63) is 59.7 Å². The van der Waals surface area contributed by atoms with Gasteiger partial charge in [-0.3, -0.25) is 4.79 Å². The van der Waals surface area contributed by atoms with Gasteiger partial charge in [-0.15, -0.1) is 0 Å². The standard InChI is InChI=1S/C30H41N3O4/c1-21-17-33(22(2)19-34)29(35)27-16-10-9-15-26(27)25-14-8-7-11-23(25)20-37-28(21)18-32(3)30(36)31-24-12-5-4-6-13-24/h7-11,14-16,21-22,24,28,34H,4-6,12-13,17-20H2,1-3H3,(H,31,36)/t21-,22+,28+/m0/s1. The van der Waals surface area contributed by atoms with E-state index in [-0.39, 0.29) is 42.7 Å². The average molecular weight is 508 g/mol. The molecule has 2 aromatic rings. The predicted molar refractivity (Wildman–Crippen MR) is 145 cm³/mol. The summed E-state index contributed by atoms with van der Waals surface area (Å²) in [6.45, 7) is 4.98. The molecule has 200 valence electrons. The van der Waals surface area contributed by atoms with Crippen molar-refractivity contribution in [2.75, 3.05) is 26.7 Å². The van der Waals surface area contributed by atoms with Gasteiger partial charge in [-0.05, 0) is 42.5 Å². The number of nitrogens with one attached hydrogen (secondary N) is 1. The molecule has 4 rings (SSSR count). The van der Waals surface area contributed by atoms with E-state index < -0.39 is 0 Å². The molecule has 2 aliphatic rings. The second-order valence-electron chi connectivity index (χ2n) is 10.7. The van der Waals surface area contributed by atoms with Gasteiger partial charge in [-0.25, -0.2) is 4.79 Å². The highest BCUT2D eigenvalue weighted by Crippen LogP contribution is 2.31. The highest BCUT2D eigenvalue weighted by molar-refractivity contribution is 6.01. The van der Waals surface area contributed by atoms with Crippen molar-refractivity contribution >= 4 is 11.9 Å². The summed E-state index contributed by atoms with van der Waals surface area (Å²) in [5, 5.41) is 13.2. The number of urea groups is 1. The van der Waals surface area contributed by atoms with Crippen LogP contribution in [0.25, 0.3) is 11.1 Å². The van der Waals surface area contributed by atoms with E-state index in [0.717, 1.165) is 42.4 Å². The minimum atomic E-state index is -0.355. The third-order valence-electron chi connectivity index (χ3n) is 7.83. The van der Waals surface area contributed by atoms with Crippen LogP contribution < -0.4 is 5.32 Å². The topological polar surface area (TPSA) is 82.1 Å². The number of carbonyl (C=O) groups is 2. The second-order valence-corrected chi connectivity index (χ2v) is 10.7. The van der Waals surface area contributed by atoms with Crippen LogP contribution in [-0.4, -0.2) is 71.8 Å². The van der Waals surface area contributed by atoms with E-state index in [1.165, 1.54) is 6.42 Å². The number of nitrogens with zero attached hydrogens (tertiary/aromatic N) is 2. The van der Waals surface area contributed by atoms with E-state index in [1.807, 2.05) is 62.5 Å². The SMILES string of the molecule is C[C@H](CO)N1C[C@H](C)[C@@H](CN(C)C(=O)NC2CCCCC2)OCc2ccccc2-c2ccccc2C1=O. The van der Waals surface area contributed by atoms with E-state index in [2.05, 4.69) is 12.2 Å².